The van der Waals surface area contributed by atoms with Crippen molar-refractivity contribution in [3.63, 3.8) is 0 Å². The number of nitrogens with zero attached hydrogens (tertiary/aromatic N) is 2. The number of aromatic carboxylic acids is 1. The number of methoxy groups -OCH3 is 2. The van der Waals surface area contributed by atoms with E-state index in [1.807, 2.05) is 30.3 Å². The first-order valence-electron chi connectivity index (χ1n) is 9.31. The van der Waals surface area contributed by atoms with E-state index in [2.05, 4.69) is 0 Å². The summed E-state index contributed by atoms with van der Waals surface area (Å²) in [5, 5.41) is 9.25. The summed E-state index contributed by atoms with van der Waals surface area (Å²) in [7, 11) is 3.02. The Kier molecular flexibility index (Phi) is 4.87. The Morgan fingerprint density at radius 1 is 1.00 bits per heavy atom. The van der Waals surface area contributed by atoms with Crippen molar-refractivity contribution in [2.24, 2.45) is 4.99 Å². The second-order valence-electron chi connectivity index (χ2n) is 6.91. The largest absolute Gasteiger partial charge is 0.496 e. The van der Waals surface area contributed by atoms with Crippen molar-refractivity contribution < 1.29 is 24.2 Å². The van der Waals surface area contributed by atoms with E-state index in [-0.39, 0.29) is 18.0 Å². The van der Waals surface area contributed by atoms with E-state index < -0.39 is 11.4 Å². The van der Waals surface area contributed by atoms with E-state index in [1.165, 1.54) is 31.3 Å². The van der Waals surface area contributed by atoms with Crippen molar-refractivity contribution >= 4 is 17.7 Å². The molecule has 7 heteroatoms. The third-order valence-corrected chi connectivity index (χ3v) is 5.37. The van der Waals surface area contributed by atoms with Gasteiger partial charge in [-0.2, -0.15) is 0 Å². The Labute approximate surface area is 173 Å². The average molecular weight is 404 g/mol. The summed E-state index contributed by atoms with van der Waals surface area (Å²) in [6.07, 6.45) is 3.31. The molecule has 4 rings (SSSR count). The van der Waals surface area contributed by atoms with Gasteiger partial charge in [-0.15, -0.1) is 0 Å². The number of carbonyl (C=O) groups excluding carboxylic acids is 1. The average Bonchev–Trinajstić information content (AvgIpc) is 2.79. The molecule has 0 aromatic heterocycles. The highest BCUT2D eigenvalue weighted by molar-refractivity contribution is 6.13. The molecule has 2 aromatic carbocycles. The quantitative estimate of drug-likeness (QED) is 0.828. The molecule has 0 aliphatic carbocycles. The summed E-state index contributed by atoms with van der Waals surface area (Å²) in [5.41, 5.74) is 0.441. The lowest BCUT2D eigenvalue weighted by Gasteiger charge is -2.41. The van der Waals surface area contributed by atoms with E-state index in [1.54, 1.807) is 24.3 Å². The Hall–Kier alpha value is -3.87. The molecule has 2 heterocycles. The van der Waals surface area contributed by atoms with Gasteiger partial charge in [0.1, 0.15) is 17.0 Å². The molecular weight excluding hydrogens is 384 g/mol. The highest BCUT2D eigenvalue weighted by Crippen LogP contribution is 2.40. The predicted molar refractivity (Wildman–Crippen MR) is 110 cm³/mol. The van der Waals surface area contributed by atoms with Gasteiger partial charge in [-0.3, -0.25) is 9.79 Å². The first kappa shape index (κ1) is 19.4. The van der Waals surface area contributed by atoms with E-state index >= 15 is 0 Å². The van der Waals surface area contributed by atoms with Gasteiger partial charge in [-0.25, -0.2) is 9.69 Å². The van der Waals surface area contributed by atoms with Gasteiger partial charge in [-0.05, 0) is 23.3 Å². The lowest BCUT2D eigenvalue weighted by Crippen LogP contribution is -2.55. The first-order valence-corrected chi connectivity index (χ1v) is 9.31. The molecule has 2 aromatic rings. The van der Waals surface area contributed by atoms with Crippen LogP contribution in [0.3, 0.4) is 0 Å². The monoisotopic (exact) mass is 404 g/mol. The molecule has 1 N–H and O–H groups in total. The number of hydrogen-bond acceptors (Lipinski definition) is 5. The first-order chi connectivity index (χ1) is 14.5. The fourth-order valence-electron chi connectivity index (χ4n) is 3.80. The minimum atomic E-state index is -1.13. The maximum Gasteiger partial charge on any atom is 0.335 e. The highest BCUT2D eigenvalue weighted by atomic mass is 16.5. The van der Waals surface area contributed by atoms with Crippen LogP contribution in [0.15, 0.2) is 83.4 Å². The van der Waals surface area contributed by atoms with Crippen LogP contribution in [0, 0.1) is 0 Å². The predicted octanol–water partition coefficient (Wildman–Crippen LogP) is 2.94. The summed E-state index contributed by atoms with van der Waals surface area (Å²) < 4.78 is 10.8. The van der Waals surface area contributed by atoms with Gasteiger partial charge in [0.25, 0.3) is 5.91 Å². The minimum Gasteiger partial charge on any atom is -0.496 e. The number of carboxylic acid groups (broad SMARTS) is 1. The molecule has 7 nitrogen and oxygen atoms in total. The number of carbonyl (C=O) groups is 2. The fraction of sp³-hybridized carbons (Fsp3) is 0.174. The summed E-state index contributed by atoms with van der Waals surface area (Å²) in [6, 6.07) is 15.7. The van der Waals surface area contributed by atoms with Gasteiger partial charge < -0.3 is 14.6 Å². The number of benzene rings is 2. The van der Waals surface area contributed by atoms with Crippen molar-refractivity contribution in [2.75, 3.05) is 20.8 Å². The zero-order valence-electron chi connectivity index (χ0n) is 16.5. The van der Waals surface area contributed by atoms with Crippen molar-refractivity contribution in [1.82, 2.24) is 4.90 Å². The van der Waals surface area contributed by atoms with Crippen LogP contribution < -0.4 is 0 Å². The molecule has 1 atom stereocenters. The maximum absolute atomic E-state index is 14.0. The summed E-state index contributed by atoms with van der Waals surface area (Å²) in [5.74, 6) is 0.0163. The van der Waals surface area contributed by atoms with Crippen LogP contribution in [0.2, 0.25) is 0 Å². The Morgan fingerprint density at radius 3 is 2.27 bits per heavy atom. The van der Waals surface area contributed by atoms with Gasteiger partial charge in [-0.1, -0.05) is 42.5 Å². The molecule has 30 heavy (non-hydrogen) atoms. The van der Waals surface area contributed by atoms with Gasteiger partial charge in [0, 0.05) is 12.2 Å². The highest BCUT2D eigenvalue weighted by Gasteiger charge is 2.50. The second-order valence-corrected chi connectivity index (χ2v) is 6.91. The molecule has 2 aliphatic heterocycles. The van der Waals surface area contributed by atoms with Crippen LogP contribution in [0.25, 0.3) is 0 Å². The van der Waals surface area contributed by atoms with E-state index in [0.29, 0.717) is 23.0 Å². The van der Waals surface area contributed by atoms with E-state index in [9.17, 15) is 14.7 Å². The van der Waals surface area contributed by atoms with Gasteiger partial charge in [0.15, 0.2) is 0 Å². The van der Waals surface area contributed by atoms with Crippen molar-refractivity contribution in [1.29, 1.82) is 0 Å². The van der Waals surface area contributed by atoms with Crippen molar-refractivity contribution in [2.45, 2.75) is 5.41 Å². The lowest BCUT2D eigenvalue weighted by atomic mass is 9.72. The summed E-state index contributed by atoms with van der Waals surface area (Å²) in [4.78, 5) is 31.4. The summed E-state index contributed by atoms with van der Waals surface area (Å²) >= 11 is 0. The van der Waals surface area contributed by atoms with Crippen LogP contribution in [0.1, 0.15) is 21.5 Å². The normalized spacial score (nSPS) is 20.5. The zero-order valence-corrected chi connectivity index (χ0v) is 16.5. The number of allylic oxidation sites excluding steroid dienone is 1. The topological polar surface area (TPSA) is 88.4 Å². The number of amidine groups is 1. The van der Waals surface area contributed by atoms with Gasteiger partial charge in [0.05, 0.1) is 26.3 Å². The number of hydrogen-bond donors (Lipinski definition) is 1. The maximum atomic E-state index is 14.0. The Bertz CT molecular complexity index is 1090. The van der Waals surface area contributed by atoms with Crippen LogP contribution in [-0.2, 0) is 19.7 Å². The van der Waals surface area contributed by atoms with Crippen molar-refractivity contribution in [3.8, 4) is 0 Å². The lowest BCUT2D eigenvalue weighted by molar-refractivity contribution is -0.132. The SMILES string of the molecule is COC1=CC2=NCC(c3ccccc3)(c3ccc(C(=O)O)cc3)C(=O)N2C(OC)=C1. The number of fused-ring (bicyclic) bond motifs is 1. The molecule has 2 aliphatic rings. The standard InChI is InChI=1S/C23H20N2O5/c1-29-18-12-19-24-14-23(16-6-4-3-5-7-16,22(28)25(19)20(13-18)30-2)17-10-8-15(9-11-17)21(26)27/h3-13H,14H2,1-2H3,(H,26,27). The minimum absolute atomic E-state index is 0.150. The van der Waals surface area contributed by atoms with E-state index in [0.717, 1.165) is 5.56 Å². The summed E-state index contributed by atoms with van der Waals surface area (Å²) in [6.45, 7) is 0.165. The third-order valence-electron chi connectivity index (χ3n) is 5.37. The van der Waals surface area contributed by atoms with Crippen molar-refractivity contribution in [3.05, 3.63) is 95.1 Å². The van der Waals surface area contributed by atoms with Gasteiger partial charge in [0.2, 0.25) is 5.88 Å². The molecule has 0 saturated carbocycles. The van der Waals surface area contributed by atoms with E-state index in [4.69, 9.17) is 14.5 Å². The molecule has 0 spiro atoms. The number of carboxylic acids is 1. The molecule has 152 valence electrons. The molecule has 1 unspecified atom stereocenters. The smallest absolute Gasteiger partial charge is 0.335 e. The molecule has 0 saturated heterocycles. The van der Waals surface area contributed by atoms with Crippen LogP contribution >= 0.6 is 0 Å². The molecule has 0 fully saturated rings. The van der Waals surface area contributed by atoms with Gasteiger partial charge >= 0.3 is 5.97 Å². The van der Waals surface area contributed by atoms with Crippen LogP contribution in [0.4, 0.5) is 0 Å². The Morgan fingerprint density at radius 2 is 1.67 bits per heavy atom. The zero-order chi connectivity index (χ0) is 21.3. The van der Waals surface area contributed by atoms with Crippen LogP contribution in [0.5, 0.6) is 0 Å². The number of ether oxygens (including phenoxy) is 2. The number of aliphatic imine (C=N–C) groups is 1. The fourth-order valence-corrected chi connectivity index (χ4v) is 3.80. The number of rotatable bonds is 5. The Balaban J connectivity index is 1.91. The molecule has 0 radical (unpaired) electrons. The molecule has 0 bridgehead atoms. The third kappa shape index (κ3) is 2.95. The number of amides is 1. The molecular formula is C23H20N2O5. The second kappa shape index (κ2) is 7.51. The van der Waals surface area contributed by atoms with Crippen LogP contribution in [-0.4, -0.2) is 48.5 Å². The molecule has 1 amide bonds.